The van der Waals surface area contributed by atoms with Crippen molar-refractivity contribution in [2.24, 2.45) is 11.0 Å². The van der Waals surface area contributed by atoms with Gasteiger partial charge in [-0.1, -0.05) is 66.7 Å². The van der Waals surface area contributed by atoms with Crippen LogP contribution in [0, 0.1) is 5.92 Å². The monoisotopic (exact) mass is 411 g/mol. The second-order valence-corrected chi connectivity index (χ2v) is 6.61. The minimum Gasteiger partial charge on any atom is -0.325 e. The van der Waals surface area contributed by atoms with Gasteiger partial charge in [-0.25, -0.2) is 0 Å². The normalized spacial score (nSPS) is 12.9. The summed E-state index contributed by atoms with van der Waals surface area (Å²) >= 11 is 0. The average Bonchev–Trinajstić information content (AvgIpc) is 2.73. The van der Waals surface area contributed by atoms with Gasteiger partial charge in [-0.3, -0.25) is 10.2 Å². The highest BCUT2D eigenvalue weighted by Crippen LogP contribution is 2.32. The van der Waals surface area contributed by atoms with Crippen LogP contribution in [-0.2, 0) is 4.79 Å². The highest BCUT2D eigenvalue weighted by Gasteiger charge is 2.47. The molecule has 0 heterocycles. The summed E-state index contributed by atoms with van der Waals surface area (Å²) in [6.07, 6.45) is -4.79. The molecule has 3 rings (SSSR count). The molecule has 3 aromatic rings. The Morgan fingerprint density at radius 2 is 1.43 bits per heavy atom. The van der Waals surface area contributed by atoms with Crippen LogP contribution < -0.4 is 10.7 Å². The number of hydrogen-bond acceptors (Lipinski definition) is 3. The number of carbonyl (C=O) groups excluding carboxylic acids is 1. The highest BCUT2D eigenvalue weighted by atomic mass is 19.4. The van der Waals surface area contributed by atoms with Crippen LogP contribution in [-0.4, -0.2) is 17.8 Å². The van der Waals surface area contributed by atoms with Gasteiger partial charge in [0, 0.05) is 11.3 Å². The van der Waals surface area contributed by atoms with Crippen molar-refractivity contribution in [3.05, 3.63) is 84.9 Å². The molecule has 1 atom stereocenters. The molecule has 2 N–H and O–H groups in total. The minimum atomic E-state index is -4.79. The maximum absolute atomic E-state index is 13.7. The number of nitrogens with one attached hydrogen (secondary N) is 2. The lowest BCUT2D eigenvalue weighted by Crippen LogP contribution is -2.40. The van der Waals surface area contributed by atoms with Crippen LogP contribution in [0.15, 0.2) is 90.0 Å². The van der Waals surface area contributed by atoms with E-state index in [1.54, 1.807) is 54.6 Å². The van der Waals surface area contributed by atoms with Crippen LogP contribution in [0.5, 0.6) is 0 Å². The first kappa shape index (κ1) is 21.1. The molecule has 0 saturated carbocycles. The summed E-state index contributed by atoms with van der Waals surface area (Å²) in [6.45, 7) is 1.18. The number of alkyl halides is 3. The summed E-state index contributed by atoms with van der Waals surface area (Å²) in [5.74, 6) is -3.58. The third-order valence-electron chi connectivity index (χ3n) is 4.41. The fraction of sp³-hybridized carbons (Fsp3) is 0.130. The van der Waals surface area contributed by atoms with Gasteiger partial charge < -0.3 is 5.32 Å². The van der Waals surface area contributed by atoms with Crippen molar-refractivity contribution in [2.45, 2.75) is 13.1 Å². The van der Waals surface area contributed by atoms with E-state index >= 15 is 0 Å². The van der Waals surface area contributed by atoms with E-state index in [0.29, 0.717) is 16.9 Å². The molecule has 7 heteroatoms. The van der Waals surface area contributed by atoms with E-state index in [0.717, 1.165) is 5.56 Å². The number of amides is 1. The predicted octanol–water partition coefficient (Wildman–Crippen LogP) is 5.96. The van der Waals surface area contributed by atoms with Gasteiger partial charge >= 0.3 is 6.18 Å². The molecule has 0 bridgehead atoms. The smallest absolute Gasteiger partial charge is 0.325 e. The van der Waals surface area contributed by atoms with Crippen molar-refractivity contribution in [3.63, 3.8) is 0 Å². The van der Waals surface area contributed by atoms with E-state index in [1.807, 2.05) is 30.3 Å². The van der Waals surface area contributed by atoms with Crippen molar-refractivity contribution in [3.8, 4) is 11.1 Å². The quantitative estimate of drug-likeness (QED) is 0.389. The summed E-state index contributed by atoms with van der Waals surface area (Å²) in [6, 6.07) is 24.4. The fourth-order valence-electron chi connectivity index (χ4n) is 2.97. The largest absolute Gasteiger partial charge is 0.405 e. The Balaban J connectivity index is 1.85. The van der Waals surface area contributed by atoms with Gasteiger partial charge in [0.25, 0.3) is 0 Å². The lowest BCUT2D eigenvalue weighted by Gasteiger charge is -2.21. The zero-order valence-corrected chi connectivity index (χ0v) is 16.1. The molecule has 0 aliphatic carbocycles. The Morgan fingerprint density at radius 1 is 0.867 bits per heavy atom. The highest BCUT2D eigenvalue weighted by molar-refractivity contribution is 6.10. The molecule has 0 aliphatic heterocycles. The zero-order valence-electron chi connectivity index (χ0n) is 16.1. The molecule has 0 fully saturated rings. The molecule has 0 saturated heterocycles. The average molecular weight is 411 g/mol. The van der Waals surface area contributed by atoms with Crippen molar-refractivity contribution in [1.29, 1.82) is 0 Å². The molecule has 1 unspecified atom stereocenters. The minimum absolute atomic E-state index is 0.298. The van der Waals surface area contributed by atoms with E-state index < -0.39 is 18.0 Å². The van der Waals surface area contributed by atoms with Crippen LogP contribution in [0.1, 0.15) is 6.92 Å². The van der Waals surface area contributed by atoms with E-state index in [9.17, 15) is 18.0 Å². The number of nitrogens with zero attached hydrogens (tertiary/aromatic N) is 1. The number of hydrogen-bond donors (Lipinski definition) is 2. The van der Waals surface area contributed by atoms with Gasteiger partial charge in [0.15, 0.2) is 5.92 Å². The lowest BCUT2D eigenvalue weighted by atomic mass is 10.0. The van der Waals surface area contributed by atoms with Gasteiger partial charge in [-0.2, -0.15) is 18.3 Å². The summed E-state index contributed by atoms with van der Waals surface area (Å²) in [5, 5.41) is 6.22. The number of rotatable bonds is 6. The first-order valence-electron chi connectivity index (χ1n) is 9.23. The van der Waals surface area contributed by atoms with Crippen molar-refractivity contribution in [2.75, 3.05) is 10.7 Å². The van der Waals surface area contributed by atoms with Gasteiger partial charge in [-0.15, -0.1) is 0 Å². The maximum atomic E-state index is 13.7. The van der Waals surface area contributed by atoms with Crippen LogP contribution in [0.25, 0.3) is 11.1 Å². The maximum Gasteiger partial charge on any atom is 0.405 e. The molecule has 0 aromatic heterocycles. The Labute approximate surface area is 172 Å². The first-order valence-corrected chi connectivity index (χ1v) is 9.23. The molecule has 0 radical (unpaired) electrons. The fourth-order valence-corrected chi connectivity index (χ4v) is 2.97. The number of anilines is 2. The van der Waals surface area contributed by atoms with E-state index in [4.69, 9.17) is 0 Å². The van der Waals surface area contributed by atoms with E-state index in [1.165, 1.54) is 6.92 Å². The second kappa shape index (κ2) is 9.26. The Kier molecular flexibility index (Phi) is 6.51. The predicted molar refractivity (Wildman–Crippen MR) is 113 cm³/mol. The van der Waals surface area contributed by atoms with Gasteiger partial charge in [0.05, 0.1) is 11.4 Å². The van der Waals surface area contributed by atoms with Crippen molar-refractivity contribution >= 4 is 23.0 Å². The first-order chi connectivity index (χ1) is 14.4. The second-order valence-electron chi connectivity index (χ2n) is 6.61. The zero-order chi connectivity index (χ0) is 21.6. The summed E-state index contributed by atoms with van der Waals surface area (Å²) < 4.78 is 41.1. The molecule has 0 aliphatic rings. The standard InChI is InChI=1S/C23H20F3N3O/c1-16(28-29-18-12-6-3-7-13-18)21(23(24,25)26)22(30)27-20-15-9-8-14-19(20)17-10-4-2-5-11-17/h2-15,21,29H,1H3,(H,27,30). The molecule has 154 valence electrons. The Bertz CT molecular complexity index is 1020. The number of para-hydroxylation sites is 2. The lowest BCUT2D eigenvalue weighted by molar-refractivity contribution is -0.165. The van der Waals surface area contributed by atoms with Crippen molar-refractivity contribution in [1.82, 2.24) is 0 Å². The van der Waals surface area contributed by atoms with Gasteiger partial charge in [-0.05, 0) is 30.7 Å². The van der Waals surface area contributed by atoms with Crippen molar-refractivity contribution < 1.29 is 18.0 Å². The topological polar surface area (TPSA) is 53.5 Å². The number of benzene rings is 3. The summed E-state index contributed by atoms with van der Waals surface area (Å²) in [7, 11) is 0. The Morgan fingerprint density at radius 3 is 2.07 bits per heavy atom. The number of halogens is 3. The van der Waals surface area contributed by atoms with E-state index in [-0.39, 0.29) is 5.71 Å². The van der Waals surface area contributed by atoms with E-state index in [2.05, 4.69) is 15.8 Å². The van der Waals surface area contributed by atoms with Crippen LogP contribution >= 0.6 is 0 Å². The molecule has 1 amide bonds. The molecule has 3 aromatic carbocycles. The Hall–Kier alpha value is -3.61. The SMILES string of the molecule is CC(=NNc1ccccc1)C(C(=O)Nc1ccccc1-c1ccccc1)C(F)(F)F. The van der Waals surface area contributed by atoms with Gasteiger partial charge in [0.1, 0.15) is 0 Å². The third-order valence-corrected chi connectivity index (χ3v) is 4.41. The number of carbonyl (C=O) groups is 1. The molecular formula is C23H20F3N3O. The summed E-state index contributed by atoms with van der Waals surface area (Å²) in [4.78, 5) is 12.7. The van der Waals surface area contributed by atoms with Crippen LogP contribution in [0.2, 0.25) is 0 Å². The molecule has 0 spiro atoms. The number of hydrazone groups is 1. The van der Waals surface area contributed by atoms with Crippen LogP contribution in [0.3, 0.4) is 0 Å². The molecule has 4 nitrogen and oxygen atoms in total. The third kappa shape index (κ3) is 5.26. The summed E-state index contributed by atoms with van der Waals surface area (Å²) in [5.41, 5.74) is 4.41. The molecule has 30 heavy (non-hydrogen) atoms. The van der Waals surface area contributed by atoms with Crippen LogP contribution in [0.4, 0.5) is 24.5 Å². The molecular weight excluding hydrogens is 391 g/mol. The van der Waals surface area contributed by atoms with Gasteiger partial charge in [0.2, 0.25) is 5.91 Å².